The Hall–Kier alpha value is -1.35. The number of carbonyl (C=O) groups excluding carboxylic acids is 1. The van der Waals surface area contributed by atoms with Crippen LogP contribution in [-0.4, -0.2) is 18.0 Å². The summed E-state index contributed by atoms with van der Waals surface area (Å²) in [6.45, 7) is 12.8. The third-order valence-corrected chi connectivity index (χ3v) is 2.97. The number of aryl methyl sites for hydroxylation is 1. The molecule has 0 bridgehead atoms. The van der Waals surface area contributed by atoms with Gasteiger partial charge in [-0.1, -0.05) is 32.0 Å². The normalized spacial score (nSPS) is 11.7. The van der Waals surface area contributed by atoms with E-state index in [0.717, 1.165) is 11.3 Å². The summed E-state index contributed by atoms with van der Waals surface area (Å²) in [5, 5.41) is 6.23. The van der Waals surface area contributed by atoms with Gasteiger partial charge in [-0.2, -0.15) is 0 Å². The van der Waals surface area contributed by atoms with Crippen LogP contribution in [0.5, 0.6) is 0 Å². The first-order valence-corrected chi connectivity index (χ1v) is 6.85. The lowest BCUT2D eigenvalue weighted by Gasteiger charge is -2.21. The van der Waals surface area contributed by atoms with Crippen LogP contribution in [-0.2, 0) is 4.79 Å². The van der Waals surface area contributed by atoms with E-state index in [0.29, 0.717) is 12.5 Å². The fourth-order valence-corrected chi connectivity index (χ4v) is 1.87. The van der Waals surface area contributed by atoms with Crippen LogP contribution in [0, 0.1) is 6.92 Å². The van der Waals surface area contributed by atoms with Gasteiger partial charge < -0.3 is 10.6 Å². The number of rotatable bonds is 4. The molecule has 106 valence electrons. The van der Waals surface area contributed by atoms with E-state index in [-0.39, 0.29) is 11.4 Å². The van der Waals surface area contributed by atoms with Gasteiger partial charge in [0.15, 0.2) is 0 Å². The quantitative estimate of drug-likeness (QED) is 0.872. The van der Waals surface area contributed by atoms with Gasteiger partial charge in [0.25, 0.3) is 0 Å². The summed E-state index contributed by atoms with van der Waals surface area (Å²) < 4.78 is 0. The molecule has 0 saturated heterocycles. The molecule has 3 nitrogen and oxygen atoms in total. The molecule has 0 saturated carbocycles. The fraction of sp³-hybridized carbons (Fsp3) is 0.562. The topological polar surface area (TPSA) is 41.1 Å². The number of benzene rings is 1. The summed E-state index contributed by atoms with van der Waals surface area (Å²) in [5.74, 6) is 0.400. The van der Waals surface area contributed by atoms with Crippen LogP contribution in [0.15, 0.2) is 18.2 Å². The zero-order valence-electron chi connectivity index (χ0n) is 12.9. The molecule has 0 aromatic heterocycles. The molecule has 0 atom stereocenters. The van der Waals surface area contributed by atoms with Crippen molar-refractivity contribution < 1.29 is 4.79 Å². The molecule has 0 heterocycles. The lowest BCUT2D eigenvalue weighted by atomic mass is 9.98. The van der Waals surface area contributed by atoms with Crippen molar-refractivity contribution in [1.82, 2.24) is 5.32 Å². The second kappa shape index (κ2) is 6.20. The summed E-state index contributed by atoms with van der Waals surface area (Å²) in [4.78, 5) is 12.0. The molecule has 0 spiro atoms. The van der Waals surface area contributed by atoms with E-state index in [1.54, 1.807) is 0 Å². The van der Waals surface area contributed by atoms with Crippen molar-refractivity contribution in [3.8, 4) is 0 Å². The number of carbonyl (C=O) groups is 1. The predicted octanol–water partition coefficient (Wildman–Crippen LogP) is 3.45. The van der Waals surface area contributed by atoms with Gasteiger partial charge in [0.1, 0.15) is 0 Å². The summed E-state index contributed by atoms with van der Waals surface area (Å²) in [6, 6.07) is 6.14. The molecule has 0 aliphatic rings. The number of hydrogen-bond donors (Lipinski definition) is 2. The Balaban J connectivity index is 2.79. The van der Waals surface area contributed by atoms with Crippen LogP contribution < -0.4 is 10.6 Å². The summed E-state index contributed by atoms with van der Waals surface area (Å²) in [5.41, 5.74) is 3.20. The molecule has 0 radical (unpaired) electrons. The van der Waals surface area contributed by atoms with Crippen LogP contribution in [0.1, 0.15) is 51.7 Å². The highest BCUT2D eigenvalue weighted by Crippen LogP contribution is 2.27. The minimum atomic E-state index is -0.0516. The van der Waals surface area contributed by atoms with Crippen molar-refractivity contribution in [3.05, 3.63) is 29.3 Å². The van der Waals surface area contributed by atoms with Crippen LogP contribution in [0.3, 0.4) is 0 Å². The molecule has 1 amide bonds. The Labute approximate surface area is 116 Å². The number of hydrogen-bond acceptors (Lipinski definition) is 2. The van der Waals surface area contributed by atoms with Gasteiger partial charge in [0.05, 0.1) is 6.54 Å². The van der Waals surface area contributed by atoms with E-state index in [1.807, 2.05) is 39.8 Å². The maximum atomic E-state index is 12.0. The molecular weight excluding hydrogens is 236 g/mol. The first-order chi connectivity index (χ1) is 8.70. The predicted molar refractivity (Wildman–Crippen MR) is 81.7 cm³/mol. The molecule has 0 aliphatic carbocycles. The Bertz CT molecular complexity index is 445. The van der Waals surface area contributed by atoms with Crippen molar-refractivity contribution in [2.75, 3.05) is 11.9 Å². The van der Waals surface area contributed by atoms with Crippen molar-refractivity contribution in [2.45, 2.75) is 53.0 Å². The first kappa shape index (κ1) is 15.7. The number of para-hydroxylation sites is 1. The average Bonchev–Trinajstić information content (AvgIpc) is 2.28. The third-order valence-electron chi connectivity index (χ3n) is 2.97. The highest BCUT2D eigenvalue weighted by atomic mass is 16.1. The molecular formula is C16H26N2O. The van der Waals surface area contributed by atoms with Crippen molar-refractivity contribution in [2.24, 2.45) is 0 Å². The van der Waals surface area contributed by atoms with Gasteiger partial charge in [-0.15, -0.1) is 0 Å². The van der Waals surface area contributed by atoms with Crippen molar-refractivity contribution >= 4 is 11.6 Å². The summed E-state index contributed by atoms with van der Waals surface area (Å²) in [7, 11) is 0. The van der Waals surface area contributed by atoms with E-state index in [2.05, 4.69) is 30.5 Å². The monoisotopic (exact) mass is 262 g/mol. The van der Waals surface area contributed by atoms with Gasteiger partial charge in [-0.05, 0) is 44.7 Å². The molecule has 0 aliphatic heterocycles. The minimum Gasteiger partial charge on any atom is -0.324 e. The molecule has 1 rings (SSSR count). The van der Waals surface area contributed by atoms with Gasteiger partial charge in [0.2, 0.25) is 5.91 Å². The highest BCUT2D eigenvalue weighted by molar-refractivity contribution is 5.94. The Morgan fingerprint density at radius 2 is 1.89 bits per heavy atom. The van der Waals surface area contributed by atoms with Gasteiger partial charge >= 0.3 is 0 Å². The summed E-state index contributed by atoms with van der Waals surface area (Å²) >= 11 is 0. The Kier molecular flexibility index (Phi) is 5.12. The Morgan fingerprint density at radius 3 is 2.42 bits per heavy atom. The second-order valence-corrected chi connectivity index (χ2v) is 6.35. The van der Waals surface area contributed by atoms with Gasteiger partial charge in [0, 0.05) is 11.2 Å². The average molecular weight is 262 g/mol. The molecule has 2 N–H and O–H groups in total. The van der Waals surface area contributed by atoms with Crippen LogP contribution in [0.2, 0.25) is 0 Å². The zero-order chi connectivity index (χ0) is 14.6. The van der Waals surface area contributed by atoms with Crippen LogP contribution >= 0.6 is 0 Å². The van der Waals surface area contributed by atoms with E-state index in [9.17, 15) is 4.79 Å². The van der Waals surface area contributed by atoms with Crippen LogP contribution in [0.4, 0.5) is 5.69 Å². The highest BCUT2D eigenvalue weighted by Gasteiger charge is 2.14. The molecule has 3 heteroatoms. The minimum absolute atomic E-state index is 0.00567. The maximum Gasteiger partial charge on any atom is 0.238 e. The molecule has 0 unspecified atom stereocenters. The SMILES string of the molecule is Cc1cccc(C(C)C)c1NC(=O)CNC(C)(C)C. The zero-order valence-corrected chi connectivity index (χ0v) is 12.9. The van der Waals surface area contributed by atoms with Crippen molar-refractivity contribution in [3.63, 3.8) is 0 Å². The largest absolute Gasteiger partial charge is 0.324 e. The van der Waals surface area contributed by atoms with Crippen molar-refractivity contribution in [1.29, 1.82) is 0 Å². The van der Waals surface area contributed by atoms with Gasteiger partial charge in [-0.3, -0.25) is 4.79 Å². The lowest BCUT2D eigenvalue weighted by molar-refractivity contribution is -0.115. The number of amides is 1. The second-order valence-electron chi connectivity index (χ2n) is 6.35. The molecule has 0 fully saturated rings. The number of nitrogens with one attached hydrogen (secondary N) is 2. The molecule has 19 heavy (non-hydrogen) atoms. The van der Waals surface area contributed by atoms with E-state index in [1.165, 1.54) is 5.56 Å². The third kappa shape index (κ3) is 5.03. The van der Waals surface area contributed by atoms with E-state index in [4.69, 9.17) is 0 Å². The molecule has 1 aromatic carbocycles. The Morgan fingerprint density at radius 1 is 1.26 bits per heavy atom. The van der Waals surface area contributed by atoms with E-state index < -0.39 is 0 Å². The smallest absolute Gasteiger partial charge is 0.238 e. The summed E-state index contributed by atoms with van der Waals surface area (Å²) in [6.07, 6.45) is 0. The van der Waals surface area contributed by atoms with E-state index >= 15 is 0 Å². The number of anilines is 1. The maximum absolute atomic E-state index is 12.0. The fourth-order valence-electron chi connectivity index (χ4n) is 1.87. The van der Waals surface area contributed by atoms with Gasteiger partial charge in [-0.25, -0.2) is 0 Å². The standard InChI is InChI=1S/C16H26N2O/c1-11(2)13-9-7-8-12(3)15(13)18-14(19)10-17-16(4,5)6/h7-9,11,17H,10H2,1-6H3,(H,18,19). The molecule has 1 aromatic rings. The van der Waals surface area contributed by atoms with Crippen LogP contribution in [0.25, 0.3) is 0 Å². The first-order valence-electron chi connectivity index (χ1n) is 6.85. The lowest BCUT2D eigenvalue weighted by Crippen LogP contribution is -2.41.